The summed E-state index contributed by atoms with van der Waals surface area (Å²) in [5.74, 6) is -20.4. The highest BCUT2D eigenvalue weighted by Crippen LogP contribution is 2.36. The minimum absolute atomic E-state index is 0.241. The van der Waals surface area contributed by atoms with Crippen LogP contribution in [-0.2, 0) is 29.1 Å². The van der Waals surface area contributed by atoms with Gasteiger partial charge in [0.2, 0.25) is 23.3 Å². The molecule has 2 aromatic carbocycles. The zero-order chi connectivity index (χ0) is 27.2. The number of ether oxygens (including phenoxy) is 3. The van der Waals surface area contributed by atoms with E-state index in [1.54, 1.807) is 0 Å². The summed E-state index contributed by atoms with van der Waals surface area (Å²) in [6.45, 7) is -2.66. The fraction of sp³-hybridized carbons (Fsp3) is 0.294. The van der Waals surface area contributed by atoms with Crippen LogP contribution in [0.15, 0.2) is 9.79 Å². The molecule has 19 heteroatoms. The summed E-state index contributed by atoms with van der Waals surface area (Å²) in [5, 5.41) is 3.85. The van der Waals surface area contributed by atoms with Crippen molar-refractivity contribution in [2.45, 2.75) is 9.79 Å². The molecule has 0 aliphatic carbocycles. The van der Waals surface area contributed by atoms with Crippen molar-refractivity contribution in [3.05, 3.63) is 46.5 Å². The van der Waals surface area contributed by atoms with E-state index < -0.39 is 104 Å². The van der Waals surface area contributed by atoms with Crippen LogP contribution in [0.1, 0.15) is 0 Å². The van der Waals surface area contributed by atoms with E-state index in [2.05, 4.69) is 23.7 Å². The summed E-state index contributed by atoms with van der Waals surface area (Å²) in [6, 6.07) is 0. The van der Waals surface area contributed by atoms with Gasteiger partial charge in [-0.1, -0.05) is 5.04 Å². The zero-order valence-electron chi connectivity index (χ0n) is 17.3. The van der Waals surface area contributed by atoms with Gasteiger partial charge in [-0.3, -0.25) is 0 Å². The fourth-order valence-electron chi connectivity index (χ4n) is 2.31. The molecule has 0 aromatic heterocycles. The van der Waals surface area contributed by atoms with Crippen LogP contribution in [0, 0.1) is 46.5 Å². The van der Waals surface area contributed by atoms with Crippen LogP contribution in [0.4, 0.5) is 35.1 Å². The molecule has 0 saturated carbocycles. The first-order chi connectivity index (χ1) is 16.8. The van der Waals surface area contributed by atoms with E-state index in [9.17, 15) is 48.1 Å². The highest BCUT2D eigenvalue weighted by Gasteiger charge is 2.30. The molecule has 0 amide bonds. The molecule has 0 aliphatic rings. The van der Waals surface area contributed by atoms with Crippen molar-refractivity contribution in [3.8, 4) is 11.5 Å². The quantitative estimate of drug-likeness (QED) is 0.0667. The molecular weight excluding hydrogens is 564 g/mol. The van der Waals surface area contributed by atoms with Crippen molar-refractivity contribution >= 4 is 22.2 Å². The van der Waals surface area contributed by atoms with Crippen LogP contribution in [0.5, 0.6) is 11.5 Å². The molecular formula is C17H11F8O9S2-. The lowest BCUT2D eigenvalue weighted by molar-refractivity contribution is -0.447. The topological polar surface area (TPSA) is 113 Å². The minimum atomic E-state index is -5.90. The Labute approximate surface area is 200 Å². The molecule has 0 N–H and O–H groups in total. The lowest BCUT2D eigenvalue weighted by Gasteiger charge is -2.15. The largest absolute Gasteiger partial charge is 0.744 e. The van der Waals surface area contributed by atoms with Crippen molar-refractivity contribution in [2.75, 3.05) is 33.5 Å². The number of halogens is 8. The molecule has 36 heavy (non-hydrogen) atoms. The van der Waals surface area contributed by atoms with Gasteiger partial charge in [-0.2, -0.15) is 17.6 Å². The fourth-order valence-corrected chi connectivity index (χ4v) is 3.41. The van der Waals surface area contributed by atoms with Crippen LogP contribution >= 0.6 is 12.0 Å². The third-order valence-corrected chi connectivity index (χ3v) is 5.28. The predicted molar refractivity (Wildman–Crippen MR) is 97.4 cm³/mol. The Hall–Kier alpha value is -2.42. The first-order valence-corrected chi connectivity index (χ1v) is 11.0. The third kappa shape index (κ3) is 6.66. The molecule has 0 unspecified atom stereocenters. The first kappa shape index (κ1) is 29.8. The Morgan fingerprint density at radius 1 is 0.694 bits per heavy atom. The van der Waals surface area contributed by atoms with E-state index in [1.165, 1.54) is 0 Å². The van der Waals surface area contributed by atoms with Gasteiger partial charge in [-0.15, -0.1) is 4.33 Å². The maximum Gasteiger partial charge on any atom is 0.205 e. The van der Waals surface area contributed by atoms with Gasteiger partial charge < -0.3 is 18.8 Å². The molecule has 0 bridgehead atoms. The van der Waals surface area contributed by atoms with Gasteiger partial charge in [0.05, 0.1) is 32.4 Å². The summed E-state index contributed by atoms with van der Waals surface area (Å²) < 4.78 is 161. The molecule has 202 valence electrons. The van der Waals surface area contributed by atoms with Crippen LogP contribution in [-0.4, -0.2) is 46.5 Å². The Balaban J connectivity index is 1.92. The molecule has 0 heterocycles. The smallest absolute Gasteiger partial charge is 0.205 e. The average Bonchev–Trinajstić information content (AvgIpc) is 2.81. The van der Waals surface area contributed by atoms with E-state index in [1.807, 2.05) is 0 Å². The third-order valence-electron chi connectivity index (χ3n) is 3.78. The molecule has 2 rings (SSSR count). The second kappa shape index (κ2) is 12.7. The van der Waals surface area contributed by atoms with E-state index in [0.717, 1.165) is 7.11 Å². The van der Waals surface area contributed by atoms with Crippen LogP contribution < -0.4 is 9.47 Å². The molecule has 0 aliphatic heterocycles. The van der Waals surface area contributed by atoms with E-state index in [-0.39, 0.29) is 12.0 Å². The van der Waals surface area contributed by atoms with Crippen molar-refractivity contribution < 1.29 is 76.6 Å². The van der Waals surface area contributed by atoms with E-state index in [4.69, 9.17) is 4.74 Å². The van der Waals surface area contributed by atoms with Gasteiger partial charge in [0.15, 0.2) is 34.8 Å². The first-order valence-electron chi connectivity index (χ1n) is 8.89. The molecule has 0 spiro atoms. The van der Waals surface area contributed by atoms with E-state index >= 15 is 0 Å². The monoisotopic (exact) mass is 575 g/mol. The predicted octanol–water partition coefficient (Wildman–Crippen LogP) is 3.69. The molecule has 9 nitrogen and oxygen atoms in total. The molecule has 0 radical (unpaired) electrons. The van der Waals surface area contributed by atoms with Gasteiger partial charge in [0.25, 0.3) is 0 Å². The van der Waals surface area contributed by atoms with Crippen molar-refractivity contribution in [1.29, 1.82) is 0 Å². The van der Waals surface area contributed by atoms with Crippen molar-refractivity contribution in [2.24, 2.45) is 0 Å². The Morgan fingerprint density at radius 2 is 1.11 bits per heavy atom. The van der Waals surface area contributed by atoms with Crippen LogP contribution in [0.25, 0.3) is 0 Å². The van der Waals surface area contributed by atoms with Crippen molar-refractivity contribution in [3.63, 3.8) is 0 Å². The van der Waals surface area contributed by atoms with Gasteiger partial charge >= 0.3 is 0 Å². The maximum absolute atomic E-state index is 14.0. The second-order valence-electron chi connectivity index (χ2n) is 5.98. The zero-order valence-corrected chi connectivity index (χ0v) is 19.0. The number of benzene rings is 2. The van der Waals surface area contributed by atoms with E-state index in [0.29, 0.717) is 0 Å². The normalized spacial score (nSPS) is 11.7. The highest BCUT2D eigenvalue weighted by atomic mass is 32.2. The molecule has 0 atom stereocenters. The standard InChI is InChI=1S/C17H12F8O9S2/c1-29-33-34-35-16-10(22)6(18)14(7(19)11(16)23)31-4-2-30-3-5-32-15-8(20)12(24)17(36(26,27)28)13(25)9(15)21/h2-5H2,1H3,(H,26,27,28)/p-1. The summed E-state index contributed by atoms with van der Waals surface area (Å²) in [7, 11) is -4.93. The molecule has 0 fully saturated rings. The average molecular weight is 575 g/mol. The summed E-state index contributed by atoms with van der Waals surface area (Å²) in [5.41, 5.74) is 0. The lowest BCUT2D eigenvalue weighted by Crippen LogP contribution is -2.16. The van der Waals surface area contributed by atoms with Crippen molar-refractivity contribution in [1.82, 2.24) is 0 Å². The maximum atomic E-state index is 14.0. The summed E-state index contributed by atoms with van der Waals surface area (Å²) in [6.07, 6.45) is 0. The second-order valence-corrected chi connectivity index (χ2v) is 8.01. The lowest BCUT2D eigenvalue weighted by atomic mass is 10.3. The number of rotatable bonds is 13. The minimum Gasteiger partial charge on any atom is -0.744 e. The Morgan fingerprint density at radius 3 is 1.50 bits per heavy atom. The molecule has 0 saturated heterocycles. The van der Waals surface area contributed by atoms with Gasteiger partial charge in [0, 0.05) is 0 Å². The molecule has 2 aromatic rings. The van der Waals surface area contributed by atoms with Gasteiger partial charge in [0.1, 0.15) is 33.1 Å². The summed E-state index contributed by atoms with van der Waals surface area (Å²) in [4.78, 5) is 0.337. The van der Waals surface area contributed by atoms with Crippen LogP contribution in [0.2, 0.25) is 0 Å². The number of hydrogen-bond acceptors (Lipinski definition) is 10. The number of hydrogen-bond donors (Lipinski definition) is 0. The van der Waals surface area contributed by atoms with Gasteiger partial charge in [-0.25, -0.2) is 30.9 Å². The Kier molecular flexibility index (Phi) is 10.5. The van der Waals surface area contributed by atoms with Crippen LogP contribution in [0.3, 0.4) is 0 Å². The Bertz CT molecular complexity index is 1160. The van der Waals surface area contributed by atoms with Gasteiger partial charge in [-0.05, 0) is 0 Å². The highest BCUT2D eigenvalue weighted by molar-refractivity contribution is 7.94. The summed E-state index contributed by atoms with van der Waals surface area (Å²) >= 11 is -0.241. The SMILES string of the molecule is COOOSc1c(F)c(F)c(OCCOCCOc2c(F)c(F)c(S(=O)(=O)[O-])c(F)c2F)c(F)c1F.